The molecule has 70 valence electrons. The van der Waals surface area contributed by atoms with Gasteiger partial charge >= 0.3 is 0 Å². The summed E-state index contributed by atoms with van der Waals surface area (Å²) in [5.41, 5.74) is 4.98. The lowest BCUT2D eigenvalue weighted by Gasteiger charge is -2.10. The highest BCUT2D eigenvalue weighted by Gasteiger charge is 2.19. The lowest BCUT2D eigenvalue weighted by molar-refractivity contribution is -0.119. The first-order chi connectivity index (χ1) is 5.68. The molecule has 1 atom stereocenters. The topological polar surface area (TPSA) is 55.6 Å². The number of carbonyl (C=O) groups excluding carboxylic acids is 1. The van der Waals surface area contributed by atoms with Gasteiger partial charge in [0.25, 0.3) is 0 Å². The number of nitrogens with zero attached hydrogens (tertiary/aromatic N) is 1. The second-order valence-corrected chi connectivity index (χ2v) is 3.26. The van der Waals surface area contributed by atoms with E-state index < -0.39 is 0 Å². The Balaban J connectivity index is 2.04. The maximum atomic E-state index is 10.4. The molecule has 1 aliphatic heterocycles. The van der Waals surface area contributed by atoms with Gasteiger partial charge in [-0.2, -0.15) is 0 Å². The van der Waals surface area contributed by atoms with Crippen molar-refractivity contribution in [2.45, 2.75) is 18.9 Å². The quantitative estimate of drug-likeness (QED) is 0.626. The molecule has 1 fully saturated rings. The fourth-order valence-electron chi connectivity index (χ4n) is 1.36. The maximum absolute atomic E-state index is 10.4. The Hall–Kier alpha value is -0.610. The van der Waals surface area contributed by atoms with Crippen molar-refractivity contribution < 1.29 is 9.53 Å². The summed E-state index contributed by atoms with van der Waals surface area (Å²) in [6.45, 7) is 2.52. The van der Waals surface area contributed by atoms with E-state index in [2.05, 4.69) is 11.9 Å². The number of likely N-dealkylation sites (tertiary alicyclic amines) is 1. The molecule has 0 aromatic rings. The molecule has 1 rings (SSSR count). The molecule has 1 saturated heterocycles. The number of amides is 1. The van der Waals surface area contributed by atoms with E-state index in [-0.39, 0.29) is 5.91 Å². The fraction of sp³-hybridized carbons (Fsp3) is 0.875. The zero-order chi connectivity index (χ0) is 8.97. The van der Waals surface area contributed by atoms with Gasteiger partial charge in [-0.15, -0.1) is 0 Å². The smallest absolute Gasteiger partial charge is 0.219 e. The van der Waals surface area contributed by atoms with Crippen molar-refractivity contribution in [2.75, 3.05) is 26.7 Å². The number of ether oxygens (including phenoxy) is 1. The standard InChI is InChI=1S/C8H16N2O2/c1-10-4-2-7(6-10)12-5-3-8(9)11/h7H,2-6H2,1H3,(H2,9,11). The van der Waals surface area contributed by atoms with Crippen molar-refractivity contribution in [3.05, 3.63) is 0 Å². The summed E-state index contributed by atoms with van der Waals surface area (Å²) >= 11 is 0. The Bertz CT molecular complexity index is 161. The second-order valence-electron chi connectivity index (χ2n) is 3.26. The molecule has 0 aromatic heterocycles. The van der Waals surface area contributed by atoms with E-state index in [0.717, 1.165) is 19.5 Å². The molecule has 0 bridgehead atoms. The lowest BCUT2D eigenvalue weighted by Crippen LogP contribution is -2.21. The van der Waals surface area contributed by atoms with Gasteiger partial charge in [0, 0.05) is 19.5 Å². The predicted octanol–water partition coefficient (Wildman–Crippen LogP) is -0.417. The van der Waals surface area contributed by atoms with E-state index in [0.29, 0.717) is 19.1 Å². The molecule has 12 heavy (non-hydrogen) atoms. The van der Waals surface area contributed by atoms with Crippen LogP contribution in [0.1, 0.15) is 12.8 Å². The molecule has 0 aromatic carbocycles. The molecular weight excluding hydrogens is 156 g/mol. The molecule has 4 nitrogen and oxygen atoms in total. The van der Waals surface area contributed by atoms with Crippen LogP contribution in [0.4, 0.5) is 0 Å². The zero-order valence-electron chi connectivity index (χ0n) is 7.45. The third-order valence-electron chi connectivity index (χ3n) is 2.05. The predicted molar refractivity (Wildman–Crippen MR) is 45.7 cm³/mol. The van der Waals surface area contributed by atoms with Crippen LogP contribution in [0.2, 0.25) is 0 Å². The summed E-state index contributed by atoms with van der Waals surface area (Å²) < 4.78 is 5.44. The van der Waals surface area contributed by atoms with Gasteiger partial charge in [0.05, 0.1) is 12.7 Å². The van der Waals surface area contributed by atoms with E-state index in [1.165, 1.54) is 0 Å². The fourth-order valence-corrected chi connectivity index (χ4v) is 1.36. The van der Waals surface area contributed by atoms with E-state index in [1.807, 2.05) is 0 Å². The van der Waals surface area contributed by atoms with Gasteiger partial charge in [-0.05, 0) is 13.5 Å². The van der Waals surface area contributed by atoms with Crippen LogP contribution in [-0.4, -0.2) is 43.7 Å². The van der Waals surface area contributed by atoms with Gasteiger partial charge in [-0.1, -0.05) is 0 Å². The Labute approximate surface area is 72.7 Å². The average molecular weight is 172 g/mol. The second kappa shape index (κ2) is 4.42. The first kappa shape index (κ1) is 9.48. The monoisotopic (exact) mass is 172 g/mol. The minimum absolute atomic E-state index is 0.290. The van der Waals surface area contributed by atoms with Crippen molar-refractivity contribution in [1.29, 1.82) is 0 Å². The van der Waals surface area contributed by atoms with Crippen molar-refractivity contribution >= 4 is 5.91 Å². The SMILES string of the molecule is CN1CCC(OCCC(N)=O)C1. The van der Waals surface area contributed by atoms with Crippen molar-refractivity contribution in [1.82, 2.24) is 4.90 Å². The third-order valence-corrected chi connectivity index (χ3v) is 2.05. The molecule has 1 aliphatic rings. The Morgan fingerprint density at radius 3 is 3.00 bits per heavy atom. The van der Waals surface area contributed by atoms with Crippen LogP contribution in [0.15, 0.2) is 0 Å². The number of rotatable bonds is 4. The van der Waals surface area contributed by atoms with Gasteiger partial charge in [0.2, 0.25) is 5.91 Å². The largest absolute Gasteiger partial charge is 0.376 e. The first-order valence-electron chi connectivity index (χ1n) is 4.27. The molecule has 1 heterocycles. The van der Waals surface area contributed by atoms with Gasteiger partial charge in [0.15, 0.2) is 0 Å². The van der Waals surface area contributed by atoms with Crippen LogP contribution >= 0.6 is 0 Å². The minimum Gasteiger partial charge on any atom is -0.376 e. The van der Waals surface area contributed by atoms with Crippen molar-refractivity contribution in [2.24, 2.45) is 5.73 Å². The summed E-state index contributed by atoms with van der Waals surface area (Å²) in [6, 6.07) is 0. The Morgan fingerprint density at radius 1 is 1.75 bits per heavy atom. The molecule has 2 N–H and O–H groups in total. The van der Waals surface area contributed by atoms with E-state index in [1.54, 1.807) is 0 Å². The summed E-state index contributed by atoms with van der Waals surface area (Å²) in [5, 5.41) is 0. The molecule has 0 aliphatic carbocycles. The molecule has 0 radical (unpaired) electrons. The number of likely N-dealkylation sites (N-methyl/N-ethyl adjacent to an activating group) is 1. The lowest BCUT2D eigenvalue weighted by atomic mass is 10.3. The van der Waals surface area contributed by atoms with E-state index in [9.17, 15) is 4.79 Å². The van der Waals surface area contributed by atoms with Crippen LogP contribution in [0.25, 0.3) is 0 Å². The molecule has 0 saturated carbocycles. The zero-order valence-corrected chi connectivity index (χ0v) is 7.45. The first-order valence-corrected chi connectivity index (χ1v) is 4.27. The van der Waals surface area contributed by atoms with E-state index >= 15 is 0 Å². The van der Waals surface area contributed by atoms with Crippen LogP contribution in [0.5, 0.6) is 0 Å². The number of nitrogens with two attached hydrogens (primary N) is 1. The van der Waals surface area contributed by atoms with Crippen LogP contribution in [0.3, 0.4) is 0 Å². The van der Waals surface area contributed by atoms with Crippen LogP contribution in [-0.2, 0) is 9.53 Å². The van der Waals surface area contributed by atoms with Crippen LogP contribution in [0, 0.1) is 0 Å². The summed E-state index contributed by atoms with van der Waals surface area (Å²) in [4.78, 5) is 12.6. The van der Waals surface area contributed by atoms with Gasteiger partial charge < -0.3 is 15.4 Å². The van der Waals surface area contributed by atoms with Gasteiger partial charge in [-0.3, -0.25) is 4.79 Å². The molecular formula is C8H16N2O2. The number of primary amides is 1. The summed E-state index contributed by atoms with van der Waals surface area (Å²) in [6.07, 6.45) is 1.70. The maximum Gasteiger partial charge on any atom is 0.219 e. The highest BCUT2D eigenvalue weighted by molar-refractivity contribution is 5.73. The normalized spacial score (nSPS) is 24.6. The highest BCUT2D eigenvalue weighted by atomic mass is 16.5. The number of carbonyl (C=O) groups is 1. The number of hydrogen-bond donors (Lipinski definition) is 1. The number of hydrogen-bond acceptors (Lipinski definition) is 3. The molecule has 1 unspecified atom stereocenters. The van der Waals surface area contributed by atoms with Crippen molar-refractivity contribution in [3.8, 4) is 0 Å². The van der Waals surface area contributed by atoms with E-state index in [4.69, 9.17) is 10.5 Å². The summed E-state index contributed by atoms with van der Waals surface area (Å²) in [5.74, 6) is -0.290. The Kier molecular flexibility index (Phi) is 3.49. The summed E-state index contributed by atoms with van der Waals surface area (Å²) in [7, 11) is 2.07. The van der Waals surface area contributed by atoms with Gasteiger partial charge in [-0.25, -0.2) is 0 Å². The van der Waals surface area contributed by atoms with Crippen LogP contribution < -0.4 is 5.73 Å². The molecule has 4 heteroatoms. The van der Waals surface area contributed by atoms with Gasteiger partial charge in [0.1, 0.15) is 0 Å². The molecule has 1 amide bonds. The van der Waals surface area contributed by atoms with Crippen molar-refractivity contribution in [3.63, 3.8) is 0 Å². The molecule has 0 spiro atoms. The average Bonchev–Trinajstić information content (AvgIpc) is 2.35. The Morgan fingerprint density at radius 2 is 2.50 bits per heavy atom. The third kappa shape index (κ3) is 3.19. The minimum atomic E-state index is -0.290. The highest BCUT2D eigenvalue weighted by Crippen LogP contribution is 2.10.